The SMILES string of the molecule is C=CCO[C@@]12Oc3ccc(Oc4ccc(-c5ccccc5)cc4)cc3[C@H]3[C@H](CCCCO)[C@@H](CCCCO)C=C(C(=NOCc4ccccc4)C[C@@H]1N(C)C(=O)C1CC1)[C@H]32. The van der Waals surface area contributed by atoms with Crippen molar-refractivity contribution in [3.8, 4) is 28.4 Å². The van der Waals surface area contributed by atoms with Crippen molar-refractivity contribution in [2.75, 3.05) is 26.9 Å². The van der Waals surface area contributed by atoms with Crippen LogP contribution in [0.1, 0.15) is 74.8 Å². The van der Waals surface area contributed by atoms with Crippen molar-refractivity contribution in [1.29, 1.82) is 0 Å². The summed E-state index contributed by atoms with van der Waals surface area (Å²) in [5, 5.41) is 24.8. The molecule has 0 radical (unpaired) electrons. The second kappa shape index (κ2) is 19.0. The minimum absolute atomic E-state index is 0.0141. The molecule has 60 heavy (non-hydrogen) atoms. The van der Waals surface area contributed by atoms with Crippen LogP contribution in [0.3, 0.4) is 0 Å². The van der Waals surface area contributed by atoms with E-state index in [0.717, 1.165) is 77.8 Å². The van der Waals surface area contributed by atoms with Crippen LogP contribution in [0.15, 0.2) is 133 Å². The molecule has 3 aliphatic carbocycles. The number of unbranched alkanes of at least 4 members (excludes halogenated alkanes) is 2. The number of benzene rings is 4. The highest BCUT2D eigenvalue weighted by atomic mass is 16.7. The number of carbonyl (C=O) groups is 1. The predicted octanol–water partition coefficient (Wildman–Crippen LogP) is 9.85. The number of oxime groups is 1. The van der Waals surface area contributed by atoms with Gasteiger partial charge in [0.2, 0.25) is 11.7 Å². The number of amides is 1. The van der Waals surface area contributed by atoms with Gasteiger partial charge >= 0.3 is 0 Å². The van der Waals surface area contributed by atoms with Gasteiger partial charge in [-0.3, -0.25) is 4.79 Å². The minimum Gasteiger partial charge on any atom is -0.459 e. The Bertz CT molecular complexity index is 2130. The smallest absolute Gasteiger partial charge is 0.239 e. The molecule has 0 aromatic heterocycles. The molecule has 2 saturated carbocycles. The summed E-state index contributed by atoms with van der Waals surface area (Å²) in [6, 6.07) is 34.0. The molecule has 9 heteroatoms. The average molecular weight is 811 g/mol. The molecule has 314 valence electrons. The van der Waals surface area contributed by atoms with Gasteiger partial charge in [-0.2, -0.15) is 0 Å². The van der Waals surface area contributed by atoms with E-state index in [1.807, 2.05) is 84.7 Å². The number of rotatable bonds is 19. The largest absolute Gasteiger partial charge is 0.459 e. The molecule has 4 aliphatic rings. The second-order valence-corrected chi connectivity index (χ2v) is 16.7. The van der Waals surface area contributed by atoms with Crippen LogP contribution >= 0.6 is 0 Å². The fraction of sp³-hybridized carbons (Fsp3) is 0.412. The van der Waals surface area contributed by atoms with Crippen molar-refractivity contribution in [2.45, 2.75) is 82.1 Å². The molecule has 1 amide bonds. The molecule has 2 N–H and O–H groups in total. The zero-order valence-electron chi connectivity index (χ0n) is 34.7. The Morgan fingerprint density at radius 1 is 0.883 bits per heavy atom. The molecule has 1 aliphatic heterocycles. The highest BCUT2D eigenvalue weighted by molar-refractivity contribution is 6.03. The molecule has 0 saturated heterocycles. The molecule has 4 aromatic carbocycles. The summed E-state index contributed by atoms with van der Waals surface area (Å²) in [6.07, 6.45) is 11.1. The van der Waals surface area contributed by atoms with Crippen LogP contribution < -0.4 is 9.47 Å². The van der Waals surface area contributed by atoms with Gasteiger partial charge in [0, 0.05) is 44.1 Å². The summed E-state index contributed by atoms with van der Waals surface area (Å²) in [7, 11) is 1.88. The van der Waals surface area contributed by atoms with Crippen LogP contribution in [-0.2, 0) is 21.0 Å². The molecule has 0 spiro atoms. The number of hydrogen-bond donors (Lipinski definition) is 2. The number of allylic oxidation sites excluding steroid dienone is 1. The average Bonchev–Trinajstić information content (AvgIpc) is 4.14. The van der Waals surface area contributed by atoms with Crippen LogP contribution in [-0.4, -0.2) is 65.4 Å². The van der Waals surface area contributed by atoms with Gasteiger partial charge in [0.1, 0.15) is 29.9 Å². The lowest BCUT2D eigenvalue weighted by Crippen LogP contribution is -2.69. The first-order valence-corrected chi connectivity index (χ1v) is 21.8. The third-order valence-corrected chi connectivity index (χ3v) is 12.8. The summed E-state index contributed by atoms with van der Waals surface area (Å²) in [5.41, 5.74) is 6.09. The lowest BCUT2D eigenvalue weighted by Gasteiger charge is -2.59. The van der Waals surface area contributed by atoms with Gasteiger partial charge in [-0.25, -0.2) is 0 Å². The topological polar surface area (TPSA) is 110 Å². The minimum atomic E-state index is -1.27. The first-order chi connectivity index (χ1) is 29.4. The van der Waals surface area contributed by atoms with E-state index in [1.54, 1.807) is 6.08 Å². The summed E-state index contributed by atoms with van der Waals surface area (Å²) in [6.45, 7) is 4.82. The Morgan fingerprint density at radius 3 is 2.27 bits per heavy atom. The van der Waals surface area contributed by atoms with Crippen molar-refractivity contribution in [1.82, 2.24) is 4.90 Å². The fourth-order valence-electron chi connectivity index (χ4n) is 9.80. The molecule has 9 nitrogen and oxygen atoms in total. The number of aliphatic hydroxyl groups excluding tert-OH is 2. The molecule has 4 aromatic rings. The summed E-state index contributed by atoms with van der Waals surface area (Å²) >= 11 is 0. The number of aliphatic hydroxyl groups is 2. The number of nitrogens with zero attached hydrogens (tertiary/aromatic N) is 2. The summed E-state index contributed by atoms with van der Waals surface area (Å²) in [4.78, 5) is 22.1. The number of fused-ring (bicyclic) bond motifs is 2. The van der Waals surface area contributed by atoms with Gasteiger partial charge in [0.25, 0.3) is 0 Å². The fourth-order valence-corrected chi connectivity index (χ4v) is 9.80. The Hall–Kier alpha value is -5.22. The highest BCUT2D eigenvalue weighted by Gasteiger charge is 2.65. The van der Waals surface area contributed by atoms with Gasteiger partial charge in [-0.05, 0) is 103 Å². The van der Waals surface area contributed by atoms with Crippen molar-refractivity contribution in [3.05, 3.63) is 139 Å². The first-order valence-electron chi connectivity index (χ1n) is 21.8. The van der Waals surface area contributed by atoms with Crippen molar-refractivity contribution in [2.24, 2.45) is 28.8 Å². The van der Waals surface area contributed by atoms with Gasteiger partial charge in [0.05, 0.1) is 18.2 Å². The van der Waals surface area contributed by atoms with E-state index in [0.29, 0.717) is 37.4 Å². The zero-order valence-corrected chi connectivity index (χ0v) is 34.7. The Balaban J connectivity index is 1.25. The van der Waals surface area contributed by atoms with E-state index >= 15 is 0 Å². The maximum atomic E-state index is 14.1. The van der Waals surface area contributed by atoms with Gasteiger partial charge in [-0.15, -0.1) is 6.58 Å². The van der Waals surface area contributed by atoms with Gasteiger partial charge in [-0.1, -0.05) is 103 Å². The number of carbonyl (C=O) groups excluding carboxylic acids is 1. The van der Waals surface area contributed by atoms with E-state index in [4.69, 9.17) is 24.2 Å². The molecule has 0 bridgehead atoms. The third-order valence-electron chi connectivity index (χ3n) is 12.8. The second-order valence-electron chi connectivity index (χ2n) is 16.7. The highest BCUT2D eigenvalue weighted by Crippen LogP contribution is 2.62. The Morgan fingerprint density at radius 2 is 1.57 bits per heavy atom. The quantitative estimate of drug-likeness (QED) is 0.0552. The molecular formula is C51H58N2O7. The maximum absolute atomic E-state index is 14.1. The van der Waals surface area contributed by atoms with Crippen molar-refractivity contribution in [3.63, 3.8) is 0 Å². The third kappa shape index (κ3) is 8.80. The molecule has 0 unspecified atom stereocenters. The molecule has 6 atom stereocenters. The van der Waals surface area contributed by atoms with Crippen LogP contribution in [0.5, 0.6) is 17.2 Å². The predicted molar refractivity (Wildman–Crippen MR) is 234 cm³/mol. The number of hydrogen-bond acceptors (Lipinski definition) is 8. The molecule has 2 fully saturated rings. The van der Waals surface area contributed by atoms with Crippen LogP contribution in [0.2, 0.25) is 0 Å². The van der Waals surface area contributed by atoms with E-state index in [2.05, 4.69) is 43.0 Å². The zero-order chi connectivity index (χ0) is 41.5. The van der Waals surface area contributed by atoms with E-state index in [-0.39, 0.29) is 55.3 Å². The van der Waals surface area contributed by atoms with Crippen molar-refractivity contribution >= 4 is 11.6 Å². The Labute approximate surface area is 354 Å². The lowest BCUT2D eigenvalue weighted by atomic mass is 9.55. The van der Waals surface area contributed by atoms with E-state index in [9.17, 15) is 15.0 Å². The number of likely N-dealkylation sites (N-methyl/N-ethyl adjacent to an activating group) is 1. The van der Waals surface area contributed by atoms with E-state index in [1.165, 1.54) is 0 Å². The number of ether oxygens (including phenoxy) is 3. The van der Waals surface area contributed by atoms with Crippen LogP contribution in [0.25, 0.3) is 11.1 Å². The standard InChI is InChI=1S/C51H58N2O7/c1-3-30-57-51-47(53(2)50(56)38-20-21-38)33-45(52-58-34-35-14-6-4-7-15-35)43-31-39(18-10-12-28-54)42(19-11-13-29-55)48(49(43)51)44-32-41(26-27-46(44)60-51)59-40-24-22-37(23-25-40)36-16-8-5-9-17-36/h3-9,14-17,22-27,31-32,38-39,42,47-49,54-55H,1,10-13,18-21,28-30,33-34H2,2H3/t39-,42+,47-,48+,49+,51+/m0/s1. The van der Waals surface area contributed by atoms with Gasteiger partial charge < -0.3 is 34.2 Å². The first kappa shape index (κ1) is 41.5. The maximum Gasteiger partial charge on any atom is 0.239 e. The van der Waals surface area contributed by atoms with Crippen LogP contribution in [0, 0.1) is 23.7 Å². The normalized spacial score (nSPS) is 24.7. The molecule has 8 rings (SSSR count). The Kier molecular flexibility index (Phi) is 13.2. The van der Waals surface area contributed by atoms with Crippen LogP contribution in [0.4, 0.5) is 0 Å². The molecule has 1 heterocycles. The van der Waals surface area contributed by atoms with E-state index < -0.39 is 11.8 Å². The molecular weight excluding hydrogens is 753 g/mol. The van der Waals surface area contributed by atoms with Gasteiger partial charge in [0.15, 0.2) is 0 Å². The monoisotopic (exact) mass is 810 g/mol. The van der Waals surface area contributed by atoms with Crippen molar-refractivity contribution < 1.29 is 34.1 Å². The summed E-state index contributed by atoms with van der Waals surface area (Å²) < 4.78 is 21.0. The summed E-state index contributed by atoms with van der Waals surface area (Å²) in [5.74, 6) is 0.674. The lowest BCUT2D eigenvalue weighted by molar-refractivity contribution is -0.255.